The second-order valence-corrected chi connectivity index (χ2v) is 5.15. The topological polar surface area (TPSA) is 37.8 Å². The third-order valence-corrected chi connectivity index (χ3v) is 3.49. The van der Waals surface area contributed by atoms with E-state index in [1.807, 2.05) is 30.3 Å². The van der Waals surface area contributed by atoms with Crippen molar-refractivity contribution in [2.24, 2.45) is 0 Å². The Morgan fingerprint density at radius 3 is 2.40 bits per heavy atom. The maximum atomic E-state index is 11.7. The molecule has 0 saturated carbocycles. The summed E-state index contributed by atoms with van der Waals surface area (Å²) in [6.45, 7) is 0. The van der Waals surface area contributed by atoms with Gasteiger partial charge < -0.3 is 0 Å². The van der Waals surface area contributed by atoms with Crippen LogP contribution >= 0.6 is 23.2 Å². The van der Waals surface area contributed by atoms with Gasteiger partial charge in [-0.25, -0.2) is 0 Å². The molecule has 0 atom stereocenters. The van der Waals surface area contributed by atoms with Crippen molar-refractivity contribution in [3.05, 3.63) is 75.0 Å². The maximum Gasteiger partial charge on any atom is 0.265 e. The molecule has 1 heterocycles. The standard InChI is InChI=1S/C15H10Cl2N2O/c16-11-6-7-13(12(17)8-11)19-14(9-15(20)18-19)10-4-2-1-3-5-10/h1-9H,(H,18,20). The summed E-state index contributed by atoms with van der Waals surface area (Å²) in [5.41, 5.74) is 2.17. The van der Waals surface area contributed by atoms with Crippen molar-refractivity contribution in [2.75, 3.05) is 0 Å². The van der Waals surface area contributed by atoms with Crippen molar-refractivity contribution in [2.45, 2.75) is 0 Å². The molecule has 5 heteroatoms. The molecule has 3 nitrogen and oxygen atoms in total. The minimum absolute atomic E-state index is 0.185. The van der Waals surface area contributed by atoms with Gasteiger partial charge in [-0.2, -0.15) is 0 Å². The van der Waals surface area contributed by atoms with E-state index in [4.69, 9.17) is 23.2 Å². The summed E-state index contributed by atoms with van der Waals surface area (Å²) in [6, 6.07) is 16.3. The number of H-pyrrole nitrogens is 1. The lowest BCUT2D eigenvalue weighted by Gasteiger charge is -2.10. The lowest BCUT2D eigenvalue weighted by Crippen LogP contribution is -2.04. The highest BCUT2D eigenvalue weighted by molar-refractivity contribution is 6.35. The molecule has 0 spiro atoms. The van der Waals surface area contributed by atoms with E-state index in [2.05, 4.69) is 5.10 Å². The van der Waals surface area contributed by atoms with Crippen LogP contribution in [0.3, 0.4) is 0 Å². The van der Waals surface area contributed by atoms with Crippen LogP contribution < -0.4 is 5.56 Å². The summed E-state index contributed by atoms with van der Waals surface area (Å²) in [5, 5.41) is 3.78. The molecule has 0 aliphatic heterocycles. The molecule has 0 bridgehead atoms. The fourth-order valence-corrected chi connectivity index (χ4v) is 2.56. The van der Waals surface area contributed by atoms with Gasteiger partial charge in [0.2, 0.25) is 0 Å². The minimum Gasteiger partial charge on any atom is -0.268 e. The van der Waals surface area contributed by atoms with Gasteiger partial charge in [-0.3, -0.25) is 14.6 Å². The van der Waals surface area contributed by atoms with Gasteiger partial charge in [-0.1, -0.05) is 53.5 Å². The summed E-state index contributed by atoms with van der Waals surface area (Å²) in [6.07, 6.45) is 0. The SMILES string of the molecule is O=c1cc(-c2ccccc2)n(-c2ccc(Cl)cc2Cl)[nH]1. The number of nitrogens with zero attached hydrogens (tertiary/aromatic N) is 1. The van der Waals surface area contributed by atoms with Crippen LogP contribution in [0.2, 0.25) is 10.0 Å². The molecular formula is C15H10Cl2N2O. The van der Waals surface area contributed by atoms with E-state index < -0.39 is 0 Å². The molecule has 0 fully saturated rings. The molecule has 3 aromatic rings. The fraction of sp³-hybridized carbons (Fsp3) is 0. The first-order valence-corrected chi connectivity index (χ1v) is 6.73. The predicted octanol–water partition coefficient (Wildman–Crippen LogP) is 4.14. The van der Waals surface area contributed by atoms with Gasteiger partial charge in [0.1, 0.15) is 0 Å². The van der Waals surface area contributed by atoms with Gasteiger partial charge in [-0.15, -0.1) is 0 Å². The lowest BCUT2D eigenvalue weighted by atomic mass is 10.1. The normalized spacial score (nSPS) is 10.7. The van der Waals surface area contributed by atoms with Crippen molar-refractivity contribution in [3.63, 3.8) is 0 Å². The van der Waals surface area contributed by atoms with Gasteiger partial charge in [0.05, 0.1) is 16.4 Å². The first kappa shape index (κ1) is 13.0. The van der Waals surface area contributed by atoms with Crippen LogP contribution in [-0.4, -0.2) is 9.78 Å². The zero-order valence-corrected chi connectivity index (χ0v) is 11.8. The molecule has 0 aliphatic carbocycles. The predicted molar refractivity (Wildman–Crippen MR) is 81.8 cm³/mol. The number of hydrogen-bond acceptors (Lipinski definition) is 1. The monoisotopic (exact) mass is 304 g/mol. The molecule has 0 saturated heterocycles. The third-order valence-electron chi connectivity index (χ3n) is 2.95. The molecule has 0 aliphatic rings. The molecule has 3 rings (SSSR count). The Labute approximate surface area is 125 Å². The Hall–Kier alpha value is -1.97. The van der Waals surface area contributed by atoms with Crippen LogP contribution in [0.4, 0.5) is 0 Å². The fourth-order valence-electron chi connectivity index (χ4n) is 2.07. The number of rotatable bonds is 2. The number of aromatic nitrogens is 2. The smallest absolute Gasteiger partial charge is 0.265 e. The zero-order chi connectivity index (χ0) is 14.1. The highest BCUT2D eigenvalue weighted by Gasteiger charge is 2.11. The molecular weight excluding hydrogens is 295 g/mol. The van der Waals surface area contributed by atoms with E-state index in [1.165, 1.54) is 0 Å². The Bertz CT molecular complexity index is 806. The highest BCUT2D eigenvalue weighted by atomic mass is 35.5. The van der Waals surface area contributed by atoms with Crippen LogP contribution in [-0.2, 0) is 0 Å². The molecule has 1 N–H and O–H groups in total. The average molecular weight is 305 g/mol. The second kappa shape index (κ2) is 5.19. The van der Waals surface area contributed by atoms with Gasteiger partial charge in [0, 0.05) is 16.7 Å². The van der Waals surface area contributed by atoms with Gasteiger partial charge >= 0.3 is 0 Å². The lowest BCUT2D eigenvalue weighted by molar-refractivity contribution is 0.871. The molecule has 0 unspecified atom stereocenters. The van der Waals surface area contributed by atoms with Crippen LogP contribution in [0, 0.1) is 0 Å². The van der Waals surface area contributed by atoms with Crippen molar-refractivity contribution in [3.8, 4) is 16.9 Å². The summed E-state index contributed by atoms with van der Waals surface area (Å²) >= 11 is 12.1. The Morgan fingerprint density at radius 2 is 1.70 bits per heavy atom. The zero-order valence-electron chi connectivity index (χ0n) is 10.3. The number of aromatic amines is 1. The number of hydrogen-bond donors (Lipinski definition) is 1. The summed E-state index contributed by atoms with van der Waals surface area (Å²) < 4.78 is 1.66. The quantitative estimate of drug-likeness (QED) is 0.759. The molecule has 0 amide bonds. The van der Waals surface area contributed by atoms with Crippen molar-refractivity contribution < 1.29 is 0 Å². The molecule has 100 valence electrons. The molecule has 20 heavy (non-hydrogen) atoms. The van der Waals surface area contributed by atoms with Gasteiger partial charge in [-0.05, 0) is 18.2 Å². The van der Waals surface area contributed by atoms with Crippen molar-refractivity contribution in [1.82, 2.24) is 9.78 Å². The second-order valence-electron chi connectivity index (χ2n) is 4.30. The first-order valence-electron chi connectivity index (χ1n) is 5.98. The van der Waals surface area contributed by atoms with Gasteiger partial charge in [0.25, 0.3) is 5.56 Å². The maximum absolute atomic E-state index is 11.7. The number of nitrogens with one attached hydrogen (secondary N) is 1. The van der Waals surface area contributed by atoms with Crippen LogP contribution in [0.25, 0.3) is 16.9 Å². The van der Waals surface area contributed by atoms with E-state index in [9.17, 15) is 4.79 Å². The van der Waals surface area contributed by atoms with Crippen LogP contribution in [0.5, 0.6) is 0 Å². The van der Waals surface area contributed by atoms with Crippen molar-refractivity contribution in [1.29, 1.82) is 0 Å². The summed E-state index contributed by atoms with van der Waals surface area (Å²) in [5.74, 6) is 0. The number of halogens is 2. The van der Waals surface area contributed by atoms with E-state index in [0.29, 0.717) is 15.7 Å². The molecule has 1 aromatic heterocycles. The Balaban J connectivity index is 2.22. The largest absolute Gasteiger partial charge is 0.268 e. The highest BCUT2D eigenvalue weighted by Crippen LogP contribution is 2.27. The summed E-state index contributed by atoms with van der Waals surface area (Å²) in [7, 11) is 0. The Kier molecular flexibility index (Phi) is 3.38. The summed E-state index contributed by atoms with van der Waals surface area (Å²) in [4.78, 5) is 11.7. The molecule has 0 radical (unpaired) electrons. The van der Waals surface area contributed by atoms with Crippen LogP contribution in [0.1, 0.15) is 0 Å². The van der Waals surface area contributed by atoms with E-state index in [1.54, 1.807) is 28.9 Å². The molecule has 2 aromatic carbocycles. The van der Waals surface area contributed by atoms with E-state index in [-0.39, 0.29) is 5.56 Å². The van der Waals surface area contributed by atoms with Crippen molar-refractivity contribution >= 4 is 23.2 Å². The minimum atomic E-state index is -0.185. The van der Waals surface area contributed by atoms with E-state index in [0.717, 1.165) is 11.3 Å². The average Bonchev–Trinajstić information content (AvgIpc) is 2.81. The first-order chi connectivity index (χ1) is 9.65. The van der Waals surface area contributed by atoms with E-state index >= 15 is 0 Å². The Morgan fingerprint density at radius 1 is 0.950 bits per heavy atom. The van der Waals surface area contributed by atoms with Gasteiger partial charge in [0.15, 0.2) is 0 Å². The number of benzene rings is 2. The van der Waals surface area contributed by atoms with Crippen LogP contribution in [0.15, 0.2) is 59.4 Å². The third kappa shape index (κ3) is 2.38.